The summed E-state index contributed by atoms with van der Waals surface area (Å²) in [6.07, 6.45) is 0. The van der Waals surface area contributed by atoms with E-state index in [0.29, 0.717) is 6.54 Å². The zero-order valence-electron chi connectivity index (χ0n) is 14.4. The van der Waals surface area contributed by atoms with Gasteiger partial charge in [0.25, 0.3) is 0 Å². The lowest BCUT2D eigenvalue weighted by atomic mass is 10.1. The largest absolute Gasteiger partial charge is 0.379 e. The van der Waals surface area contributed by atoms with Gasteiger partial charge in [-0.3, -0.25) is 4.79 Å². The fourth-order valence-electron chi connectivity index (χ4n) is 2.39. The van der Waals surface area contributed by atoms with Crippen molar-refractivity contribution < 1.29 is 4.79 Å². The van der Waals surface area contributed by atoms with Gasteiger partial charge in [-0.1, -0.05) is 37.3 Å². The number of hydrogen-bond acceptors (Lipinski definition) is 3. The average molecular weight is 348 g/mol. The van der Waals surface area contributed by atoms with Crippen LogP contribution in [0, 0.1) is 5.92 Å². The lowest BCUT2D eigenvalue weighted by molar-refractivity contribution is -0.119. The Labute approximate surface area is 150 Å². The first kappa shape index (κ1) is 20.0. The van der Waals surface area contributed by atoms with Crippen molar-refractivity contribution in [2.75, 3.05) is 24.2 Å². The second-order valence-corrected chi connectivity index (χ2v) is 5.80. The van der Waals surface area contributed by atoms with E-state index in [1.807, 2.05) is 56.4 Å². The number of anilines is 2. The van der Waals surface area contributed by atoms with E-state index < -0.39 is 0 Å². The Morgan fingerprint density at radius 2 is 1.54 bits per heavy atom. The summed E-state index contributed by atoms with van der Waals surface area (Å²) in [7, 11) is 1.85. The molecule has 0 saturated heterocycles. The van der Waals surface area contributed by atoms with Gasteiger partial charge in [0.15, 0.2) is 0 Å². The normalized spacial score (nSPS) is 12.6. The van der Waals surface area contributed by atoms with Crippen molar-refractivity contribution in [1.29, 1.82) is 0 Å². The summed E-state index contributed by atoms with van der Waals surface area (Å²) in [5, 5.41) is 9.40. The van der Waals surface area contributed by atoms with Gasteiger partial charge in [0.2, 0.25) is 5.91 Å². The molecule has 24 heavy (non-hydrogen) atoms. The number of hydrogen-bond donors (Lipinski definition) is 3. The van der Waals surface area contributed by atoms with E-state index >= 15 is 0 Å². The van der Waals surface area contributed by atoms with Crippen LogP contribution in [0.1, 0.15) is 25.5 Å². The number of nitrogens with one attached hydrogen (secondary N) is 3. The van der Waals surface area contributed by atoms with E-state index in [9.17, 15) is 4.79 Å². The van der Waals surface area contributed by atoms with Crippen molar-refractivity contribution in [2.45, 2.75) is 19.9 Å². The van der Waals surface area contributed by atoms with E-state index in [-0.39, 0.29) is 30.3 Å². The van der Waals surface area contributed by atoms with Gasteiger partial charge < -0.3 is 16.0 Å². The summed E-state index contributed by atoms with van der Waals surface area (Å²) in [6.45, 7) is 4.70. The predicted octanol–water partition coefficient (Wildman–Crippen LogP) is 4.08. The van der Waals surface area contributed by atoms with Crippen LogP contribution in [-0.4, -0.2) is 19.5 Å². The first-order valence-electron chi connectivity index (χ1n) is 7.97. The van der Waals surface area contributed by atoms with Crippen molar-refractivity contribution in [3.8, 4) is 0 Å². The van der Waals surface area contributed by atoms with Crippen LogP contribution in [0.2, 0.25) is 0 Å². The third-order valence-electron chi connectivity index (χ3n) is 3.79. The molecule has 130 valence electrons. The summed E-state index contributed by atoms with van der Waals surface area (Å²) >= 11 is 0. The van der Waals surface area contributed by atoms with Gasteiger partial charge in [-0.25, -0.2) is 0 Å². The molecule has 0 radical (unpaired) electrons. The van der Waals surface area contributed by atoms with Crippen LogP contribution < -0.4 is 16.0 Å². The Bertz CT molecular complexity index is 616. The maximum atomic E-state index is 12.0. The third-order valence-corrected chi connectivity index (χ3v) is 3.79. The van der Waals surface area contributed by atoms with Crippen molar-refractivity contribution in [1.82, 2.24) is 5.32 Å². The quantitative estimate of drug-likeness (QED) is 0.707. The number of carbonyl (C=O) groups excluding carboxylic acids is 1. The molecule has 0 bridgehead atoms. The molecule has 2 atom stereocenters. The minimum atomic E-state index is -0.0593. The molecule has 0 spiro atoms. The summed E-state index contributed by atoms with van der Waals surface area (Å²) < 4.78 is 0. The Morgan fingerprint density at radius 1 is 0.958 bits per heavy atom. The van der Waals surface area contributed by atoms with Gasteiger partial charge in [0.1, 0.15) is 0 Å². The molecule has 0 aliphatic rings. The van der Waals surface area contributed by atoms with Crippen LogP contribution >= 0.6 is 12.4 Å². The van der Waals surface area contributed by atoms with Crippen LogP contribution in [0.25, 0.3) is 0 Å². The van der Waals surface area contributed by atoms with E-state index in [4.69, 9.17) is 0 Å². The third kappa shape index (κ3) is 5.87. The Morgan fingerprint density at radius 3 is 2.12 bits per heavy atom. The molecule has 0 heterocycles. The fourth-order valence-corrected chi connectivity index (χ4v) is 2.39. The molecule has 0 saturated carbocycles. The van der Waals surface area contributed by atoms with E-state index in [1.165, 1.54) is 5.56 Å². The highest BCUT2D eigenvalue weighted by Gasteiger charge is 2.11. The molecule has 2 aromatic rings. The average Bonchev–Trinajstić information content (AvgIpc) is 2.57. The Balaban J connectivity index is 0.00000288. The summed E-state index contributed by atoms with van der Waals surface area (Å²) in [5.74, 6) is -0.0337. The Hall–Kier alpha value is -2.04. The van der Waals surface area contributed by atoms with Crippen molar-refractivity contribution in [3.63, 3.8) is 0 Å². The van der Waals surface area contributed by atoms with Crippen LogP contribution in [0.3, 0.4) is 0 Å². The van der Waals surface area contributed by atoms with Gasteiger partial charge in [0, 0.05) is 29.9 Å². The second-order valence-electron chi connectivity index (χ2n) is 5.80. The first-order chi connectivity index (χ1) is 11.1. The molecule has 1 amide bonds. The van der Waals surface area contributed by atoms with Gasteiger partial charge in [-0.2, -0.15) is 0 Å². The van der Waals surface area contributed by atoms with Crippen molar-refractivity contribution >= 4 is 29.7 Å². The molecular formula is C19H26ClN3O. The monoisotopic (exact) mass is 347 g/mol. The molecule has 0 aromatic heterocycles. The van der Waals surface area contributed by atoms with E-state index in [2.05, 4.69) is 35.0 Å². The molecule has 3 N–H and O–H groups in total. The lowest BCUT2D eigenvalue weighted by Gasteiger charge is -2.16. The number of rotatable bonds is 7. The zero-order chi connectivity index (χ0) is 16.7. The molecular weight excluding hydrogens is 322 g/mol. The molecule has 0 fully saturated rings. The van der Waals surface area contributed by atoms with Gasteiger partial charge in [-0.05, 0) is 43.8 Å². The highest BCUT2D eigenvalue weighted by molar-refractivity contribution is 5.92. The minimum Gasteiger partial charge on any atom is -0.379 e. The van der Waals surface area contributed by atoms with E-state index in [1.54, 1.807) is 0 Å². The molecule has 0 aliphatic carbocycles. The number of carbonyl (C=O) groups is 1. The first-order valence-corrected chi connectivity index (χ1v) is 7.97. The molecule has 5 heteroatoms. The zero-order valence-corrected chi connectivity index (χ0v) is 15.2. The highest BCUT2D eigenvalue weighted by atomic mass is 35.5. The minimum absolute atomic E-state index is 0. The van der Waals surface area contributed by atoms with Crippen LogP contribution in [0.4, 0.5) is 11.4 Å². The number of benzene rings is 2. The SMILES string of the molecule is CNCC(C)C(=O)Nc1ccc(NC(C)c2ccccc2)cc1.Cl. The second kappa shape index (κ2) is 9.96. The van der Waals surface area contributed by atoms with Gasteiger partial charge in [0.05, 0.1) is 0 Å². The van der Waals surface area contributed by atoms with Gasteiger partial charge >= 0.3 is 0 Å². The van der Waals surface area contributed by atoms with Crippen molar-refractivity contribution in [2.24, 2.45) is 5.92 Å². The molecule has 0 aliphatic heterocycles. The van der Waals surface area contributed by atoms with Crippen LogP contribution in [-0.2, 0) is 4.79 Å². The maximum Gasteiger partial charge on any atom is 0.228 e. The summed E-state index contributed by atoms with van der Waals surface area (Å²) in [5.41, 5.74) is 3.09. The summed E-state index contributed by atoms with van der Waals surface area (Å²) in [4.78, 5) is 12.0. The number of amides is 1. The fraction of sp³-hybridized carbons (Fsp3) is 0.316. The van der Waals surface area contributed by atoms with Crippen LogP contribution in [0.15, 0.2) is 54.6 Å². The highest BCUT2D eigenvalue weighted by Crippen LogP contribution is 2.20. The standard InChI is InChI=1S/C19H25N3O.ClH/c1-14(13-20-3)19(23)22-18-11-9-17(10-12-18)21-15(2)16-7-5-4-6-8-16;/h4-12,14-15,20-21H,13H2,1-3H3,(H,22,23);1H. The summed E-state index contributed by atoms with van der Waals surface area (Å²) in [6, 6.07) is 18.3. The van der Waals surface area contributed by atoms with Crippen molar-refractivity contribution in [3.05, 3.63) is 60.2 Å². The maximum absolute atomic E-state index is 12.0. The molecule has 2 aromatic carbocycles. The number of halogens is 1. The molecule has 2 unspecified atom stereocenters. The van der Waals surface area contributed by atoms with Crippen LogP contribution in [0.5, 0.6) is 0 Å². The molecule has 4 nitrogen and oxygen atoms in total. The smallest absolute Gasteiger partial charge is 0.228 e. The van der Waals surface area contributed by atoms with E-state index in [0.717, 1.165) is 11.4 Å². The molecule has 2 rings (SSSR count). The predicted molar refractivity (Wildman–Crippen MR) is 104 cm³/mol. The van der Waals surface area contributed by atoms with Gasteiger partial charge in [-0.15, -0.1) is 12.4 Å². The topological polar surface area (TPSA) is 53.2 Å². The Kier molecular flexibility index (Phi) is 8.30. The lowest BCUT2D eigenvalue weighted by Crippen LogP contribution is -2.28.